The first-order chi connectivity index (χ1) is 8.83. The van der Waals surface area contributed by atoms with E-state index in [-0.39, 0.29) is 0 Å². The fourth-order valence-electron chi connectivity index (χ4n) is 2.17. The van der Waals surface area contributed by atoms with Gasteiger partial charge in [-0.05, 0) is 24.6 Å². The molecule has 0 radical (unpaired) electrons. The second-order valence-corrected chi connectivity index (χ2v) is 7.34. The SMILES string of the molecule is CCCNC(c1ccccc1Cl)C1CSCCS1. The third-order valence-corrected chi connectivity index (χ3v) is 6.28. The number of rotatable bonds is 5. The van der Waals surface area contributed by atoms with Crippen molar-refractivity contribution in [1.29, 1.82) is 0 Å². The fourth-order valence-corrected chi connectivity index (χ4v) is 5.28. The molecule has 1 fully saturated rings. The second-order valence-electron chi connectivity index (χ2n) is 4.44. The summed E-state index contributed by atoms with van der Waals surface area (Å²) in [7, 11) is 0. The molecular weight excluding hydrogens is 282 g/mol. The summed E-state index contributed by atoms with van der Waals surface area (Å²) in [6, 6.07) is 8.64. The van der Waals surface area contributed by atoms with Gasteiger partial charge in [-0.15, -0.1) is 0 Å². The Morgan fingerprint density at radius 1 is 1.39 bits per heavy atom. The van der Waals surface area contributed by atoms with Crippen LogP contribution in [-0.2, 0) is 0 Å². The second kappa shape index (κ2) is 7.68. The van der Waals surface area contributed by atoms with Crippen LogP contribution in [0.5, 0.6) is 0 Å². The van der Waals surface area contributed by atoms with Crippen molar-refractivity contribution in [3.63, 3.8) is 0 Å². The van der Waals surface area contributed by atoms with Crippen LogP contribution in [0.3, 0.4) is 0 Å². The van der Waals surface area contributed by atoms with Gasteiger partial charge >= 0.3 is 0 Å². The van der Waals surface area contributed by atoms with Gasteiger partial charge in [0.25, 0.3) is 0 Å². The molecule has 0 aliphatic carbocycles. The molecule has 18 heavy (non-hydrogen) atoms. The smallest absolute Gasteiger partial charge is 0.0463 e. The lowest BCUT2D eigenvalue weighted by Crippen LogP contribution is -2.34. The molecule has 0 saturated carbocycles. The Balaban J connectivity index is 2.15. The summed E-state index contributed by atoms with van der Waals surface area (Å²) in [5.41, 5.74) is 1.26. The molecule has 100 valence electrons. The van der Waals surface area contributed by atoms with Crippen molar-refractivity contribution in [2.45, 2.75) is 24.6 Å². The molecule has 2 unspecified atom stereocenters. The molecule has 2 rings (SSSR count). The third kappa shape index (κ3) is 3.83. The van der Waals surface area contributed by atoms with Crippen LogP contribution in [0.4, 0.5) is 0 Å². The predicted molar refractivity (Wildman–Crippen MR) is 86.1 cm³/mol. The highest BCUT2D eigenvalue weighted by molar-refractivity contribution is 8.06. The predicted octanol–water partition coefficient (Wildman–Crippen LogP) is 4.23. The molecule has 1 aliphatic heterocycles. The molecular formula is C14H20ClNS2. The first-order valence-electron chi connectivity index (χ1n) is 6.50. The van der Waals surface area contributed by atoms with Crippen LogP contribution in [0.25, 0.3) is 0 Å². The molecule has 1 nitrogen and oxygen atoms in total. The molecule has 2 atom stereocenters. The lowest BCUT2D eigenvalue weighted by molar-refractivity contribution is 0.530. The van der Waals surface area contributed by atoms with Crippen LogP contribution in [0.1, 0.15) is 24.9 Å². The average molecular weight is 302 g/mol. The Labute approximate surface area is 123 Å². The van der Waals surface area contributed by atoms with E-state index in [0.717, 1.165) is 18.0 Å². The van der Waals surface area contributed by atoms with Crippen molar-refractivity contribution in [1.82, 2.24) is 5.32 Å². The third-order valence-electron chi connectivity index (χ3n) is 3.07. The van der Waals surface area contributed by atoms with Crippen LogP contribution < -0.4 is 5.32 Å². The van der Waals surface area contributed by atoms with Crippen LogP contribution in [0, 0.1) is 0 Å². The van der Waals surface area contributed by atoms with Crippen molar-refractivity contribution in [3.05, 3.63) is 34.9 Å². The maximum Gasteiger partial charge on any atom is 0.0463 e. The summed E-state index contributed by atoms with van der Waals surface area (Å²) in [5, 5.41) is 5.20. The van der Waals surface area contributed by atoms with Gasteiger partial charge in [-0.25, -0.2) is 0 Å². The maximum atomic E-state index is 6.36. The summed E-state index contributed by atoms with van der Waals surface area (Å²) in [6.07, 6.45) is 1.16. The van der Waals surface area contributed by atoms with Crippen LogP contribution in [0.15, 0.2) is 24.3 Å². The molecule has 4 heteroatoms. The van der Waals surface area contributed by atoms with Crippen LogP contribution in [0.2, 0.25) is 5.02 Å². The molecule has 1 saturated heterocycles. The van der Waals surface area contributed by atoms with E-state index in [2.05, 4.69) is 47.9 Å². The zero-order valence-corrected chi connectivity index (χ0v) is 13.1. The zero-order chi connectivity index (χ0) is 12.8. The summed E-state index contributed by atoms with van der Waals surface area (Å²) >= 11 is 10.5. The van der Waals surface area contributed by atoms with Gasteiger partial charge in [0.05, 0.1) is 0 Å². The number of benzene rings is 1. The van der Waals surface area contributed by atoms with Gasteiger partial charge in [0, 0.05) is 33.6 Å². The monoisotopic (exact) mass is 301 g/mol. The van der Waals surface area contributed by atoms with Gasteiger partial charge in [-0.3, -0.25) is 0 Å². The topological polar surface area (TPSA) is 12.0 Å². The van der Waals surface area contributed by atoms with Crippen molar-refractivity contribution < 1.29 is 0 Å². The van der Waals surface area contributed by atoms with Crippen molar-refractivity contribution in [3.8, 4) is 0 Å². The largest absolute Gasteiger partial charge is 0.309 e. The van der Waals surface area contributed by atoms with E-state index in [1.165, 1.54) is 22.8 Å². The van der Waals surface area contributed by atoms with E-state index >= 15 is 0 Å². The Bertz CT molecular complexity index is 367. The summed E-state index contributed by atoms with van der Waals surface area (Å²) < 4.78 is 0. The van der Waals surface area contributed by atoms with E-state index < -0.39 is 0 Å². The molecule has 1 aromatic carbocycles. The van der Waals surface area contributed by atoms with E-state index in [4.69, 9.17) is 11.6 Å². The minimum Gasteiger partial charge on any atom is -0.309 e. The molecule has 1 heterocycles. The van der Waals surface area contributed by atoms with E-state index in [1.807, 2.05) is 12.1 Å². The first kappa shape index (κ1) is 14.6. The number of hydrogen-bond donors (Lipinski definition) is 1. The Morgan fingerprint density at radius 2 is 2.22 bits per heavy atom. The van der Waals surface area contributed by atoms with Crippen LogP contribution in [-0.4, -0.2) is 29.1 Å². The quantitative estimate of drug-likeness (QED) is 0.874. The van der Waals surface area contributed by atoms with Gasteiger partial charge in [0.1, 0.15) is 0 Å². The molecule has 1 aliphatic rings. The number of nitrogens with one attached hydrogen (secondary N) is 1. The van der Waals surface area contributed by atoms with Gasteiger partial charge in [-0.2, -0.15) is 23.5 Å². The first-order valence-corrected chi connectivity index (χ1v) is 9.08. The lowest BCUT2D eigenvalue weighted by atomic mass is 10.0. The van der Waals surface area contributed by atoms with Gasteiger partial charge in [-0.1, -0.05) is 36.7 Å². The molecule has 1 N–H and O–H groups in total. The molecule has 0 amide bonds. The number of hydrogen-bond acceptors (Lipinski definition) is 3. The Kier molecular flexibility index (Phi) is 6.22. The Hall–Kier alpha value is 0.170. The van der Waals surface area contributed by atoms with E-state index in [0.29, 0.717) is 11.3 Å². The fraction of sp³-hybridized carbons (Fsp3) is 0.571. The Morgan fingerprint density at radius 3 is 2.89 bits per heavy atom. The van der Waals surface area contributed by atoms with Gasteiger partial charge < -0.3 is 5.32 Å². The number of thioether (sulfide) groups is 2. The zero-order valence-electron chi connectivity index (χ0n) is 10.7. The van der Waals surface area contributed by atoms with Crippen LogP contribution >= 0.6 is 35.1 Å². The average Bonchev–Trinajstić information content (AvgIpc) is 2.42. The highest BCUT2D eigenvalue weighted by Gasteiger charge is 2.26. The normalized spacial score (nSPS) is 21.8. The molecule has 0 aromatic heterocycles. The van der Waals surface area contributed by atoms with Crippen molar-refractivity contribution in [2.75, 3.05) is 23.8 Å². The standard InChI is InChI=1S/C14H20ClNS2/c1-2-7-16-14(13-10-17-8-9-18-13)11-5-3-4-6-12(11)15/h3-6,13-14,16H,2,7-10H2,1H3. The molecule has 1 aromatic rings. The highest BCUT2D eigenvalue weighted by Crippen LogP contribution is 2.36. The molecule has 0 bridgehead atoms. The summed E-state index contributed by atoms with van der Waals surface area (Å²) in [5.74, 6) is 3.76. The maximum absolute atomic E-state index is 6.36. The number of halogens is 1. The van der Waals surface area contributed by atoms with Crippen molar-refractivity contribution in [2.24, 2.45) is 0 Å². The molecule has 0 spiro atoms. The highest BCUT2D eigenvalue weighted by atomic mass is 35.5. The van der Waals surface area contributed by atoms with E-state index in [9.17, 15) is 0 Å². The minimum absolute atomic E-state index is 0.386. The summed E-state index contributed by atoms with van der Waals surface area (Å²) in [4.78, 5) is 0. The van der Waals surface area contributed by atoms with E-state index in [1.54, 1.807) is 0 Å². The lowest BCUT2D eigenvalue weighted by Gasteiger charge is -2.31. The summed E-state index contributed by atoms with van der Waals surface area (Å²) in [6.45, 7) is 3.26. The van der Waals surface area contributed by atoms with Gasteiger partial charge in [0.2, 0.25) is 0 Å². The van der Waals surface area contributed by atoms with Crippen molar-refractivity contribution >= 4 is 35.1 Å². The van der Waals surface area contributed by atoms with Gasteiger partial charge in [0.15, 0.2) is 0 Å². The minimum atomic E-state index is 0.386.